The third kappa shape index (κ3) is 2.79. The van der Waals surface area contributed by atoms with E-state index in [0.717, 1.165) is 5.69 Å². The lowest BCUT2D eigenvalue weighted by Gasteiger charge is -2.17. The molecule has 1 aromatic rings. The molecule has 0 aliphatic carbocycles. The van der Waals surface area contributed by atoms with Crippen molar-refractivity contribution in [1.82, 2.24) is 0 Å². The molecule has 1 aromatic carbocycles. The molecule has 0 fully saturated rings. The van der Waals surface area contributed by atoms with Gasteiger partial charge < -0.3 is 20.5 Å². The molecule has 0 saturated heterocycles. The molecule has 0 heterocycles. The first-order valence-corrected chi connectivity index (χ1v) is 4.88. The molecular weight excluding hydrogens is 208 g/mol. The molecule has 0 radical (unpaired) electrons. The first-order valence-electron chi connectivity index (χ1n) is 4.88. The normalized spacial score (nSPS) is 11.9. The average molecular weight is 224 g/mol. The highest BCUT2D eigenvalue weighted by Gasteiger charge is 2.14. The Labute approximate surface area is 94.4 Å². The number of carboxylic acids is 1. The van der Waals surface area contributed by atoms with Gasteiger partial charge in [-0.15, -0.1) is 0 Å². The summed E-state index contributed by atoms with van der Waals surface area (Å²) in [5.74, 6) is -0.629. The summed E-state index contributed by atoms with van der Waals surface area (Å²) in [6, 6.07) is 5.25. The Balaban J connectivity index is 2.94. The van der Waals surface area contributed by atoms with Crippen molar-refractivity contribution < 1.29 is 14.6 Å². The predicted molar refractivity (Wildman–Crippen MR) is 62.9 cm³/mol. The smallest absolute Gasteiger partial charge is 0.344 e. The number of ether oxygens (including phenoxy) is 1. The second-order valence-corrected chi connectivity index (χ2v) is 3.71. The first kappa shape index (κ1) is 12.2. The van der Waals surface area contributed by atoms with Crippen LogP contribution < -0.4 is 15.4 Å². The van der Waals surface area contributed by atoms with Gasteiger partial charge in [-0.3, -0.25) is 0 Å². The van der Waals surface area contributed by atoms with Crippen molar-refractivity contribution in [3.63, 3.8) is 0 Å². The molecule has 0 aliphatic heterocycles. The highest BCUT2D eigenvalue weighted by molar-refractivity contribution is 5.73. The molecule has 16 heavy (non-hydrogen) atoms. The van der Waals surface area contributed by atoms with Crippen LogP contribution in [0, 0.1) is 0 Å². The zero-order chi connectivity index (χ0) is 12.3. The van der Waals surface area contributed by atoms with Crippen LogP contribution in [0.5, 0.6) is 5.75 Å². The first-order chi connectivity index (χ1) is 7.41. The van der Waals surface area contributed by atoms with Gasteiger partial charge >= 0.3 is 5.97 Å². The van der Waals surface area contributed by atoms with Crippen LogP contribution in [0.4, 0.5) is 11.4 Å². The van der Waals surface area contributed by atoms with Gasteiger partial charge in [0, 0.05) is 25.8 Å². The van der Waals surface area contributed by atoms with Crippen LogP contribution in [0.25, 0.3) is 0 Å². The van der Waals surface area contributed by atoms with Crippen molar-refractivity contribution in [2.75, 3.05) is 24.7 Å². The van der Waals surface area contributed by atoms with E-state index in [4.69, 9.17) is 15.6 Å². The summed E-state index contributed by atoms with van der Waals surface area (Å²) >= 11 is 0. The van der Waals surface area contributed by atoms with Crippen molar-refractivity contribution in [1.29, 1.82) is 0 Å². The topological polar surface area (TPSA) is 75.8 Å². The molecule has 88 valence electrons. The van der Waals surface area contributed by atoms with Gasteiger partial charge in [-0.25, -0.2) is 4.79 Å². The minimum atomic E-state index is -1.02. The number of carbonyl (C=O) groups is 1. The monoisotopic (exact) mass is 224 g/mol. The van der Waals surface area contributed by atoms with Crippen LogP contribution in [-0.4, -0.2) is 31.3 Å². The van der Waals surface area contributed by atoms with E-state index in [1.807, 2.05) is 25.1 Å². The van der Waals surface area contributed by atoms with Crippen LogP contribution in [0.3, 0.4) is 0 Å². The Morgan fingerprint density at radius 3 is 2.62 bits per heavy atom. The number of nitrogens with two attached hydrogens (primary N) is 1. The standard InChI is InChI=1S/C11H16N2O3/c1-7(11(14)15)16-10-6-8(13(2)3)4-5-9(10)12/h4-7H,12H2,1-3H3,(H,14,15). The molecule has 1 atom stereocenters. The quantitative estimate of drug-likeness (QED) is 0.751. The van der Waals surface area contributed by atoms with Crippen molar-refractivity contribution in [3.05, 3.63) is 18.2 Å². The highest BCUT2D eigenvalue weighted by atomic mass is 16.5. The molecule has 0 bridgehead atoms. The van der Waals surface area contributed by atoms with Gasteiger partial charge in [0.15, 0.2) is 6.10 Å². The molecular formula is C11H16N2O3. The number of hydrogen-bond acceptors (Lipinski definition) is 4. The van der Waals surface area contributed by atoms with E-state index < -0.39 is 12.1 Å². The molecule has 0 aliphatic rings. The zero-order valence-corrected chi connectivity index (χ0v) is 9.60. The van der Waals surface area contributed by atoms with Crippen LogP contribution in [0.2, 0.25) is 0 Å². The predicted octanol–water partition coefficient (Wildman–Crippen LogP) is 1.19. The molecule has 3 N–H and O–H groups in total. The van der Waals surface area contributed by atoms with Gasteiger partial charge in [0.05, 0.1) is 5.69 Å². The lowest BCUT2D eigenvalue weighted by atomic mass is 10.2. The molecule has 0 saturated carbocycles. The van der Waals surface area contributed by atoms with E-state index in [-0.39, 0.29) is 0 Å². The maximum atomic E-state index is 10.7. The van der Waals surface area contributed by atoms with E-state index >= 15 is 0 Å². The average Bonchev–Trinajstić information content (AvgIpc) is 2.20. The molecule has 5 heteroatoms. The second kappa shape index (κ2) is 4.74. The summed E-state index contributed by atoms with van der Waals surface area (Å²) < 4.78 is 5.25. The van der Waals surface area contributed by atoms with Crippen LogP contribution in [0.15, 0.2) is 18.2 Å². The van der Waals surface area contributed by atoms with Gasteiger partial charge in [-0.2, -0.15) is 0 Å². The van der Waals surface area contributed by atoms with Crippen molar-refractivity contribution in [3.8, 4) is 5.75 Å². The lowest BCUT2D eigenvalue weighted by molar-refractivity contribution is -0.144. The van der Waals surface area contributed by atoms with Crippen molar-refractivity contribution >= 4 is 17.3 Å². The van der Waals surface area contributed by atoms with Crippen molar-refractivity contribution in [2.45, 2.75) is 13.0 Å². The van der Waals surface area contributed by atoms with Crippen LogP contribution in [-0.2, 0) is 4.79 Å². The number of hydrogen-bond donors (Lipinski definition) is 2. The Hall–Kier alpha value is -1.91. The number of carboxylic acid groups (broad SMARTS) is 1. The number of anilines is 2. The molecule has 5 nitrogen and oxygen atoms in total. The summed E-state index contributed by atoms with van der Waals surface area (Å²) in [5.41, 5.74) is 7.04. The van der Waals surface area contributed by atoms with Gasteiger partial charge in [-0.1, -0.05) is 0 Å². The summed E-state index contributed by atoms with van der Waals surface area (Å²) in [4.78, 5) is 12.5. The second-order valence-electron chi connectivity index (χ2n) is 3.71. The summed E-state index contributed by atoms with van der Waals surface area (Å²) in [7, 11) is 3.77. The van der Waals surface area contributed by atoms with E-state index in [9.17, 15) is 4.79 Å². The Morgan fingerprint density at radius 2 is 2.12 bits per heavy atom. The number of rotatable bonds is 4. The maximum absolute atomic E-state index is 10.7. The summed E-state index contributed by atoms with van der Waals surface area (Å²) in [6.45, 7) is 1.46. The molecule has 0 spiro atoms. The zero-order valence-electron chi connectivity index (χ0n) is 9.60. The fraction of sp³-hybridized carbons (Fsp3) is 0.364. The minimum absolute atomic E-state index is 0.390. The summed E-state index contributed by atoms with van der Waals surface area (Å²) in [5, 5.41) is 8.74. The molecule has 1 unspecified atom stereocenters. The minimum Gasteiger partial charge on any atom is -0.479 e. The van der Waals surface area contributed by atoms with Gasteiger partial charge in [0.25, 0.3) is 0 Å². The molecule has 0 amide bonds. The SMILES string of the molecule is CC(Oc1cc(N(C)C)ccc1N)C(=O)O. The van der Waals surface area contributed by atoms with E-state index in [2.05, 4.69) is 0 Å². The fourth-order valence-electron chi connectivity index (χ4n) is 1.14. The Morgan fingerprint density at radius 1 is 1.50 bits per heavy atom. The number of aliphatic carboxylic acids is 1. The van der Waals surface area contributed by atoms with Crippen LogP contribution >= 0.6 is 0 Å². The third-order valence-electron chi connectivity index (χ3n) is 2.17. The summed E-state index contributed by atoms with van der Waals surface area (Å²) in [6.07, 6.45) is -0.917. The van der Waals surface area contributed by atoms with E-state index in [1.54, 1.807) is 12.1 Å². The number of nitrogen functional groups attached to an aromatic ring is 1. The lowest BCUT2D eigenvalue weighted by Crippen LogP contribution is -2.23. The van der Waals surface area contributed by atoms with E-state index in [1.165, 1.54) is 6.92 Å². The van der Waals surface area contributed by atoms with Gasteiger partial charge in [0.2, 0.25) is 0 Å². The van der Waals surface area contributed by atoms with Gasteiger partial charge in [0.1, 0.15) is 5.75 Å². The third-order valence-corrected chi connectivity index (χ3v) is 2.17. The Bertz CT molecular complexity index is 391. The van der Waals surface area contributed by atoms with Crippen LogP contribution in [0.1, 0.15) is 6.92 Å². The maximum Gasteiger partial charge on any atom is 0.344 e. The van der Waals surface area contributed by atoms with Gasteiger partial charge in [-0.05, 0) is 19.1 Å². The highest BCUT2D eigenvalue weighted by Crippen LogP contribution is 2.27. The molecule has 0 aromatic heterocycles. The number of benzene rings is 1. The number of nitrogens with zero attached hydrogens (tertiary/aromatic N) is 1. The van der Waals surface area contributed by atoms with Crippen molar-refractivity contribution in [2.24, 2.45) is 0 Å². The Kier molecular flexibility index (Phi) is 3.60. The largest absolute Gasteiger partial charge is 0.479 e. The fourth-order valence-corrected chi connectivity index (χ4v) is 1.14. The molecule has 1 rings (SSSR count). The van der Waals surface area contributed by atoms with E-state index in [0.29, 0.717) is 11.4 Å².